The number of ether oxygens (including phenoxy) is 2. The maximum absolute atomic E-state index is 13.8. The number of carbonyl (C=O) groups excluding carboxylic acids is 2. The average Bonchev–Trinajstić information content (AvgIpc) is 3.28. The zero-order valence-corrected chi connectivity index (χ0v) is 18.9. The third-order valence-electron chi connectivity index (χ3n) is 5.17. The third-order valence-corrected chi connectivity index (χ3v) is 5.17. The van der Waals surface area contributed by atoms with Crippen LogP contribution in [-0.2, 0) is 4.74 Å². The molecule has 0 saturated heterocycles. The SMILES string of the molecule is COC(=O)Nc1ccc(-c2cnc3c(C)cc(C(=O)N(C)c4ccc(F)c(OC)c4)nn23)cn1. The first-order valence-corrected chi connectivity index (χ1v) is 10.1. The van der Waals surface area contributed by atoms with E-state index in [2.05, 4.69) is 25.1 Å². The summed E-state index contributed by atoms with van der Waals surface area (Å²) in [6.45, 7) is 1.83. The zero-order valence-electron chi connectivity index (χ0n) is 18.9. The van der Waals surface area contributed by atoms with E-state index in [-0.39, 0.29) is 11.4 Å². The van der Waals surface area contributed by atoms with Gasteiger partial charge in [0.1, 0.15) is 11.5 Å². The Kier molecular flexibility index (Phi) is 6.09. The molecule has 0 unspecified atom stereocenters. The number of methoxy groups -OCH3 is 2. The predicted molar refractivity (Wildman–Crippen MR) is 123 cm³/mol. The summed E-state index contributed by atoms with van der Waals surface area (Å²) in [7, 11) is 4.19. The van der Waals surface area contributed by atoms with Crippen molar-refractivity contribution in [3.63, 3.8) is 0 Å². The molecular weight excluding hydrogens is 443 g/mol. The summed E-state index contributed by atoms with van der Waals surface area (Å²) < 4.78 is 24.9. The zero-order chi connectivity index (χ0) is 24.4. The fourth-order valence-corrected chi connectivity index (χ4v) is 3.34. The predicted octanol–water partition coefficient (Wildman–Crippen LogP) is 3.70. The van der Waals surface area contributed by atoms with Gasteiger partial charge in [0.2, 0.25) is 0 Å². The van der Waals surface area contributed by atoms with Crippen molar-refractivity contribution in [1.82, 2.24) is 19.6 Å². The van der Waals surface area contributed by atoms with Gasteiger partial charge in [-0.1, -0.05) is 0 Å². The van der Waals surface area contributed by atoms with E-state index in [1.54, 1.807) is 42.2 Å². The molecule has 0 saturated carbocycles. The van der Waals surface area contributed by atoms with Gasteiger partial charge in [0.15, 0.2) is 17.2 Å². The summed E-state index contributed by atoms with van der Waals surface area (Å²) >= 11 is 0. The summed E-state index contributed by atoms with van der Waals surface area (Å²) in [4.78, 5) is 34.5. The van der Waals surface area contributed by atoms with Gasteiger partial charge in [0.25, 0.3) is 5.91 Å². The molecule has 2 amide bonds. The Bertz CT molecular complexity index is 1390. The van der Waals surface area contributed by atoms with E-state index in [9.17, 15) is 14.0 Å². The molecule has 0 atom stereocenters. The van der Waals surface area contributed by atoms with E-state index in [0.29, 0.717) is 28.4 Å². The van der Waals surface area contributed by atoms with Crippen LogP contribution in [0, 0.1) is 12.7 Å². The summed E-state index contributed by atoms with van der Waals surface area (Å²) in [5.41, 5.74) is 3.23. The Labute approximate surface area is 194 Å². The Morgan fingerprint density at radius 1 is 1.09 bits per heavy atom. The number of hydrogen-bond acceptors (Lipinski definition) is 7. The van der Waals surface area contributed by atoms with Crippen LogP contribution in [0.25, 0.3) is 16.9 Å². The molecule has 3 heterocycles. The summed E-state index contributed by atoms with van der Waals surface area (Å²) in [6.07, 6.45) is 2.55. The standard InChI is InChI=1S/C23H21FN6O4/c1-13-9-17(22(31)29(2)15-6-7-16(24)19(10-15)33-3)28-30-18(12-26-21(13)30)14-5-8-20(25-11-14)27-23(32)34-4/h5-12H,1-4H3,(H,25,27,32). The molecule has 4 rings (SSSR count). The van der Waals surface area contributed by atoms with Crippen LogP contribution in [0.15, 0.2) is 48.8 Å². The van der Waals surface area contributed by atoms with Crippen LogP contribution in [0.1, 0.15) is 16.1 Å². The number of imidazole rings is 1. The molecule has 34 heavy (non-hydrogen) atoms. The van der Waals surface area contributed by atoms with Crippen molar-refractivity contribution in [2.75, 3.05) is 31.5 Å². The van der Waals surface area contributed by atoms with Crippen LogP contribution in [0.3, 0.4) is 0 Å². The Morgan fingerprint density at radius 3 is 2.56 bits per heavy atom. The molecule has 4 aromatic rings. The van der Waals surface area contributed by atoms with Crippen LogP contribution < -0.4 is 15.0 Å². The molecular formula is C23H21FN6O4. The van der Waals surface area contributed by atoms with Gasteiger partial charge in [-0.3, -0.25) is 10.1 Å². The number of carbonyl (C=O) groups is 2. The van der Waals surface area contributed by atoms with Gasteiger partial charge >= 0.3 is 6.09 Å². The molecule has 0 aliphatic carbocycles. The van der Waals surface area contributed by atoms with Gasteiger partial charge in [0, 0.05) is 30.6 Å². The van der Waals surface area contributed by atoms with Crippen molar-refractivity contribution < 1.29 is 23.5 Å². The number of fused-ring (bicyclic) bond motifs is 1. The van der Waals surface area contributed by atoms with Crippen molar-refractivity contribution in [2.24, 2.45) is 0 Å². The molecule has 1 aromatic carbocycles. The smallest absolute Gasteiger partial charge is 0.412 e. The van der Waals surface area contributed by atoms with Crippen molar-refractivity contribution in [1.29, 1.82) is 0 Å². The van der Waals surface area contributed by atoms with Crippen molar-refractivity contribution in [2.45, 2.75) is 6.92 Å². The minimum Gasteiger partial charge on any atom is -0.494 e. The van der Waals surface area contributed by atoms with Gasteiger partial charge in [-0.2, -0.15) is 5.10 Å². The lowest BCUT2D eigenvalue weighted by Crippen LogP contribution is -2.28. The van der Waals surface area contributed by atoms with Gasteiger partial charge in [-0.05, 0) is 42.8 Å². The van der Waals surface area contributed by atoms with E-state index in [1.807, 2.05) is 6.92 Å². The second-order valence-corrected chi connectivity index (χ2v) is 7.32. The number of aryl methyl sites for hydroxylation is 1. The van der Waals surface area contributed by atoms with Crippen molar-refractivity contribution in [3.05, 3.63) is 65.9 Å². The Hall–Kier alpha value is -4.54. The van der Waals surface area contributed by atoms with E-state index >= 15 is 0 Å². The first kappa shape index (κ1) is 22.6. The van der Waals surface area contributed by atoms with Crippen LogP contribution in [0.4, 0.5) is 20.7 Å². The van der Waals surface area contributed by atoms with Gasteiger partial charge in [-0.15, -0.1) is 0 Å². The van der Waals surface area contributed by atoms with Gasteiger partial charge in [0.05, 0.1) is 26.1 Å². The second kappa shape index (κ2) is 9.14. The van der Waals surface area contributed by atoms with E-state index in [0.717, 1.165) is 5.56 Å². The lowest BCUT2D eigenvalue weighted by atomic mass is 10.2. The lowest BCUT2D eigenvalue weighted by Gasteiger charge is -2.18. The molecule has 1 N–H and O–H groups in total. The molecule has 0 spiro atoms. The maximum Gasteiger partial charge on any atom is 0.412 e. The summed E-state index contributed by atoms with van der Waals surface area (Å²) in [5.74, 6) is -0.562. The molecule has 174 valence electrons. The normalized spacial score (nSPS) is 10.7. The van der Waals surface area contributed by atoms with Crippen molar-refractivity contribution >= 4 is 29.2 Å². The number of pyridine rings is 1. The fourth-order valence-electron chi connectivity index (χ4n) is 3.34. The molecule has 0 aliphatic heterocycles. The highest BCUT2D eigenvalue weighted by Crippen LogP contribution is 2.26. The topological polar surface area (TPSA) is 111 Å². The number of aromatic nitrogens is 4. The monoisotopic (exact) mass is 464 g/mol. The summed E-state index contributed by atoms with van der Waals surface area (Å²) in [5, 5.41) is 6.98. The average molecular weight is 464 g/mol. The van der Waals surface area contributed by atoms with Crippen LogP contribution in [0.5, 0.6) is 5.75 Å². The molecule has 0 radical (unpaired) electrons. The maximum atomic E-state index is 13.8. The number of nitrogens with zero attached hydrogens (tertiary/aromatic N) is 5. The minimum absolute atomic E-state index is 0.0336. The molecule has 0 bridgehead atoms. The Balaban J connectivity index is 1.69. The highest BCUT2D eigenvalue weighted by atomic mass is 19.1. The minimum atomic E-state index is -0.626. The number of benzene rings is 1. The molecule has 3 aromatic heterocycles. The quantitative estimate of drug-likeness (QED) is 0.479. The molecule has 11 heteroatoms. The van der Waals surface area contributed by atoms with Crippen molar-refractivity contribution in [3.8, 4) is 17.0 Å². The first-order chi connectivity index (χ1) is 16.3. The number of hydrogen-bond donors (Lipinski definition) is 1. The largest absolute Gasteiger partial charge is 0.494 e. The Morgan fingerprint density at radius 2 is 1.88 bits per heavy atom. The fraction of sp³-hybridized carbons (Fsp3) is 0.174. The van der Waals surface area contributed by atoms with E-state index < -0.39 is 17.8 Å². The first-order valence-electron chi connectivity index (χ1n) is 10.1. The highest BCUT2D eigenvalue weighted by Gasteiger charge is 2.20. The molecule has 0 fully saturated rings. The molecule has 0 aliphatic rings. The van der Waals surface area contributed by atoms with Gasteiger partial charge < -0.3 is 14.4 Å². The van der Waals surface area contributed by atoms with Crippen LogP contribution >= 0.6 is 0 Å². The van der Waals surface area contributed by atoms with Crippen LogP contribution in [0.2, 0.25) is 0 Å². The van der Waals surface area contributed by atoms with E-state index in [1.165, 1.54) is 37.3 Å². The summed E-state index contributed by atoms with van der Waals surface area (Å²) in [6, 6.07) is 9.16. The van der Waals surface area contributed by atoms with E-state index in [4.69, 9.17) is 4.74 Å². The number of amides is 2. The lowest BCUT2D eigenvalue weighted by molar-refractivity contribution is 0.0987. The number of anilines is 2. The molecule has 10 nitrogen and oxygen atoms in total. The number of halogens is 1. The number of nitrogens with one attached hydrogen (secondary N) is 1. The highest BCUT2D eigenvalue weighted by molar-refractivity contribution is 6.04. The third kappa shape index (κ3) is 4.22. The van der Waals surface area contributed by atoms with Gasteiger partial charge in [-0.25, -0.2) is 23.7 Å². The van der Waals surface area contributed by atoms with Crippen LogP contribution in [-0.4, -0.2) is 52.8 Å². The second-order valence-electron chi connectivity index (χ2n) is 7.32. The number of rotatable bonds is 5.